The van der Waals surface area contributed by atoms with Gasteiger partial charge < -0.3 is 9.26 Å². The van der Waals surface area contributed by atoms with Crippen LogP contribution in [-0.4, -0.2) is 18.2 Å². The molecule has 1 heterocycles. The van der Waals surface area contributed by atoms with E-state index in [-0.39, 0.29) is 12.4 Å². The molecule has 0 amide bonds. The minimum absolute atomic E-state index is 0.261. The normalized spacial score (nSPS) is 10.4. The second kappa shape index (κ2) is 4.33. The lowest BCUT2D eigenvalue weighted by molar-refractivity contribution is -0.139. The van der Waals surface area contributed by atoms with Gasteiger partial charge in [-0.1, -0.05) is 17.3 Å². The molecule has 0 unspecified atom stereocenters. The summed E-state index contributed by atoms with van der Waals surface area (Å²) in [5.41, 5.74) is 0.832. The maximum Gasteiger partial charge on any atom is 0.309 e. The van der Waals surface area contributed by atoms with E-state index < -0.39 is 0 Å². The standard InChI is InChI=1S/C8H9NO3/c1-11-8(10)4-2-3-7-5-9-12-6-7/h2-3,5-6H,4H2,1H3. The van der Waals surface area contributed by atoms with Crippen molar-refractivity contribution in [1.82, 2.24) is 5.16 Å². The van der Waals surface area contributed by atoms with Gasteiger partial charge >= 0.3 is 5.97 Å². The van der Waals surface area contributed by atoms with E-state index in [9.17, 15) is 4.79 Å². The second-order valence-electron chi connectivity index (χ2n) is 2.14. The SMILES string of the molecule is COC(=O)CC=Cc1cnoc1. The molecule has 0 radical (unpaired) electrons. The molecule has 0 aliphatic carbocycles. The van der Waals surface area contributed by atoms with Crippen molar-refractivity contribution >= 4 is 12.0 Å². The van der Waals surface area contributed by atoms with E-state index in [0.717, 1.165) is 5.56 Å². The first-order chi connectivity index (χ1) is 5.83. The summed E-state index contributed by atoms with van der Waals surface area (Å²) in [6.07, 6.45) is 6.76. The van der Waals surface area contributed by atoms with Gasteiger partial charge in [-0.05, 0) is 0 Å². The average Bonchev–Trinajstić information content (AvgIpc) is 2.57. The molecule has 0 aromatic carbocycles. The Hall–Kier alpha value is -1.58. The van der Waals surface area contributed by atoms with E-state index in [1.807, 2.05) is 0 Å². The van der Waals surface area contributed by atoms with Crippen LogP contribution in [-0.2, 0) is 9.53 Å². The van der Waals surface area contributed by atoms with Crippen LogP contribution in [0.2, 0.25) is 0 Å². The molecule has 4 heteroatoms. The first-order valence-electron chi connectivity index (χ1n) is 3.45. The van der Waals surface area contributed by atoms with Crippen LogP contribution in [0.25, 0.3) is 6.08 Å². The molecule has 0 fully saturated rings. The highest BCUT2D eigenvalue weighted by molar-refractivity contribution is 5.72. The first kappa shape index (κ1) is 8.52. The van der Waals surface area contributed by atoms with Gasteiger partial charge in [0, 0.05) is 5.56 Å². The van der Waals surface area contributed by atoms with Gasteiger partial charge in [-0.3, -0.25) is 4.79 Å². The lowest BCUT2D eigenvalue weighted by atomic mass is 10.3. The van der Waals surface area contributed by atoms with Gasteiger partial charge in [0.05, 0.1) is 19.7 Å². The van der Waals surface area contributed by atoms with Crippen molar-refractivity contribution in [3.05, 3.63) is 24.1 Å². The molecule has 0 atom stereocenters. The summed E-state index contributed by atoms with van der Waals surface area (Å²) in [6, 6.07) is 0. The van der Waals surface area contributed by atoms with Crippen LogP contribution < -0.4 is 0 Å². The van der Waals surface area contributed by atoms with Crippen LogP contribution in [0.5, 0.6) is 0 Å². The second-order valence-corrected chi connectivity index (χ2v) is 2.14. The third kappa shape index (κ3) is 2.57. The van der Waals surface area contributed by atoms with Crippen molar-refractivity contribution in [2.45, 2.75) is 6.42 Å². The minimum atomic E-state index is -0.261. The molecule has 1 aromatic heterocycles. The molecule has 12 heavy (non-hydrogen) atoms. The number of aromatic nitrogens is 1. The van der Waals surface area contributed by atoms with Crippen LogP contribution in [0.3, 0.4) is 0 Å². The van der Waals surface area contributed by atoms with Gasteiger partial charge in [0.15, 0.2) is 0 Å². The average molecular weight is 167 g/mol. The zero-order valence-electron chi connectivity index (χ0n) is 6.69. The summed E-state index contributed by atoms with van der Waals surface area (Å²) >= 11 is 0. The van der Waals surface area contributed by atoms with Gasteiger partial charge in [-0.25, -0.2) is 0 Å². The summed E-state index contributed by atoms with van der Waals surface area (Å²) in [5, 5.41) is 3.50. The van der Waals surface area contributed by atoms with Crippen molar-refractivity contribution < 1.29 is 14.1 Å². The van der Waals surface area contributed by atoms with Crippen LogP contribution >= 0.6 is 0 Å². The molecular weight excluding hydrogens is 158 g/mol. The van der Waals surface area contributed by atoms with E-state index in [1.54, 1.807) is 18.3 Å². The third-order valence-electron chi connectivity index (χ3n) is 1.27. The summed E-state index contributed by atoms with van der Waals surface area (Å²) in [5.74, 6) is -0.261. The Labute approximate surface area is 69.8 Å². The molecule has 0 N–H and O–H groups in total. The Balaban J connectivity index is 2.37. The minimum Gasteiger partial charge on any atom is -0.469 e. The lowest BCUT2D eigenvalue weighted by Gasteiger charge is -1.90. The number of rotatable bonds is 3. The number of methoxy groups -OCH3 is 1. The van der Waals surface area contributed by atoms with Gasteiger partial charge in [0.25, 0.3) is 0 Å². The van der Waals surface area contributed by atoms with Gasteiger partial charge in [0.1, 0.15) is 6.26 Å². The number of carbonyl (C=O) groups is 1. The predicted molar refractivity (Wildman–Crippen MR) is 42.2 cm³/mol. The Kier molecular flexibility index (Phi) is 3.07. The Morgan fingerprint density at radius 2 is 2.67 bits per heavy atom. The maximum atomic E-state index is 10.6. The molecule has 0 saturated heterocycles. The van der Waals surface area contributed by atoms with Crippen molar-refractivity contribution in [2.75, 3.05) is 7.11 Å². The molecule has 0 saturated carbocycles. The number of carbonyl (C=O) groups excluding carboxylic acids is 1. The van der Waals surface area contributed by atoms with E-state index in [4.69, 9.17) is 0 Å². The Bertz CT molecular complexity index is 264. The fourth-order valence-corrected chi connectivity index (χ4v) is 0.670. The molecule has 0 spiro atoms. The van der Waals surface area contributed by atoms with Crippen LogP contribution in [0.15, 0.2) is 23.1 Å². The van der Waals surface area contributed by atoms with Crippen LogP contribution in [0, 0.1) is 0 Å². The van der Waals surface area contributed by atoms with Crippen LogP contribution in [0.4, 0.5) is 0 Å². The molecule has 0 aliphatic heterocycles. The molecular formula is C8H9NO3. The Morgan fingerprint density at radius 1 is 1.83 bits per heavy atom. The van der Waals surface area contributed by atoms with E-state index in [0.29, 0.717) is 0 Å². The zero-order valence-corrected chi connectivity index (χ0v) is 6.69. The maximum absolute atomic E-state index is 10.6. The van der Waals surface area contributed by atoms with Gasteiger partial charge in [-0.15, -0.1) is 0 Å². The number of hydrogen-bond acceptors (Lipinski definition) is 4. The molecule has 1 rings (SSSR count). The van der Waals surface area contributed by atoms with E-state index in [2.05, 4.69) is 14.4 Å². The number of hydrogen-bond donors (Lipinski definition) is 0. The zero-order chi connectivity index (χ0) is 8.81. The highest BCUT2D eigenvalue weighted by Crippen LogP contribution is 2.00. The van der Waals surface area contributed by atoms with Crippen molar-refractivity contribution in [1.29, 1.82) is 0 Å². The van der Waals surface area contributed by atoms with Gasteiger partial charge in [0.2, 0.25) is 0 Å². The summed E-state index contributed by atoms with van der Waals surface area (Å²) in [7, 11) is 1.36. The topological polar surface area (TPSA) is 52.3 Å². The molecule has 4 nitrogen and oxygen atoms in total. The fraction of sp³-hybridized carbons (Fsp3) is 0.250. The van der Waals surface area contributed by atoms with Crippen molar-refractivity contribution in [2.24, 2.45) is 0 Å². The summed E-state index contributed by atoms with van der Waals surface area (Å²) in [4.78, 5) is 10.6. The number of esters is 1. The lowest BCUT2D eigenvalue weighted by Crippen LogP contribution is -1.96. The Morgan fingerprint density at radius 3 is 3.25 bits per heavy atom. The highest BCUT2D eigenvalue weighted by atomic mass is 16.5. The van der Waals surface area contributed by atoms with Crippen molar-refractivity contribution in [3.8, 4) is 0 Å². The van der Waals surface area contributed by atoms with Crippen LogP contribution in [0.1, 0.15) is 12.0 Å². The van der Waals surface area contributed by atoms with Crippen molar-refractivity contribution in [3.63, 3.8) is 0 Å². The quantitative estimate of drug-likeness (QED) is 0.636. The predicted octanol–water partition coefficient (Wildman–Crippen LogP) is 1.25. The number of ether oxygens (including phenoxy) is 1. The fourth-order valence-electron chi connectivity index (χ4n) is 0.670. The van der Waals surface area contributed by atoms with E-state index >= 15 is 0 Å². The molecule has 0 bridgehead atoms. The largest absolute Gasteiger partial charge is 0.469 e. The first-order valence-corrected chi connectivity index (χ1v) is 3.45. The molecule has 64 valence electrons. The smallest absolute Gasteiger partial charge is 0.309 e. The number of nitrogens with zero attached hydrogens (tertiary/aromatic N) is 1. The summed E-state index contributed by atoms with van der Waals surface area (Å²) in [6.45, 7) is 0. The molecule has 1 aromatic rings. The van der Waals surface area contributed by atoms with Gasteiger partial charge in [-0.2, -0.15) is 0 Å². The molecule has 0 aliphatic rings. The monoisotopic (exact) mass is 167 g/mol. The third-order valence-corrected chi connectivity index (χ3v) is 1.27. The summed E-state index contributed by atoms with van der Waals surface area (Å²) < 4.78 is 9.02. The van der Waals surface area contributed by atoms with E-state index in [1.165, 1.54) is 13.4 Å². The highest BCUT2D eigenvalue weighted by Gasteiger charge is 1.94.